The highest BCUT2D eigenvalue weighted by molar-refractivity contribution is 5.14. The highest BCUT2D eigenvalue weighted by atomic mass is 16.5. The molecule has 1 aromatic rings. The van der Waals surface area contributed by atoms with E-state index < -0.39 is 0 Å². The average Bonchev–Trinajstić information content (AvgIpc) is 2.06. The topological polar surface area (TPSA) is 23.5 Å². The first-order chi connectivity index (χ1) is 5.83. The van der Waals surface area contributed by atoms with Crippen molar-refractivity contribution in [3.63, 3.8) is 0 Å². The van der Waals surface area contributed by atoms with Crippen LogP contribution >= 0.6 is 0 Å². The van der Waals surface area contributed by atoms with E-state index in [1.165, 1.54) is 5.06 Å². The molecule has 1 rings (SSSR count). The molecule has 12 heavy (non-hydrogen) atoms. The van der Waals surface area contributed by atoms with Gasteiger partial charge in [-0.3, -0.25) is 0 Å². The summed E-state index contributed by atoms with van der Waals surface area (Å²) in [6, 6.07) is 9.82. The van der Waals surface area contributed by atoms with Gasteiger partial charge in [-0.25, -0.2) is 0 Å². The molecule has 0 heterocycles. The van der Waals surface area contributed by atoms with E-state index in [0.29, 0.717) is 13.1 Å². The van der Waals surface area contributed by atoms with E-state index >= 15 is 0 Å². The second kappa shape index (κ2) is 4.70. The van der Waals surface area contributed by atoms with Crippen molar-refractivity contribution in [2.45, 2.75) is 6.54 Å². The van der Waals surface area contributed by atoms with Crippen molar-refractivity contribution in [1.82, 2.24) is 5.06 Å². The van der Waals surface area contributed by atoms with E-state index in [9.17, 15) is 5.21 Å². The highest BCUT2D eigenvalue weighted by Gasteiger charge is 1.97. The van der Waals surface area contributed by atoms with Crippen molar-refractivity contribution >= 4 is 0 Å². The Balaban J connectivity index is 2.46. The summed E-state index contributed by atoms with van der Waals surface area (Å²) in [5.41, 5.74) is 1.10. The van der Waals surface area contributed by atoms with Crippen molar-refractivity contribution < 1.29 is 5.21 Å². The SMILES string of the molecule is C=CCN(O)Cc1ccccc1. The van der Waals surface area contributed by atoms with E-state index in [4.69, 9.17) is 0 Å². The van der Waals surface area contributed by atoms with Crippen LogP contribution in [0.3, 0.4) is 0 Å². The highest BCUT2D eigenvalue weighted by Crippen LogP contribution is 2.01. The zero-order valence-electron chi connectivity index (χ0n) is 6.98. The molecule has 0 atom stereocenters. The van der Waals surface area contributed by atoms with E-state index in [1.807, 2.05) is 30.3 Å². The summed E-state index contributed by atoms with van der Waals surface area (Å²) in [5.74, 6) is 0. The molecule has 1 aromatic carbocycles. The summed E-state index contributed by atoms with van der Waals surface area (Å²) in [6.07, 6.45) is 1.67. The van der Waals surface area contributed by atoms with Gasteiger partial charge in [-0.05, 0) is 5.56 Å². The van der Waals surface area contributed by atoms with E-state index in [0.717, 1.165) is 5.56 Å². The largest absolute Gasteiger partial charge is 0.313 e. The van der Waals surface area contributed by atoms with Crippen molar-refractivity contribution in [2.24, 2.45) is 0 Å². The van der Waals surface area contributed by atoms with Crippen LogP contribution in [0.1, 0.15) is 5.56 Å². The first kappa shape index (κ1) is 8.97. The Hall–Kier alpha value is -1.12. The summed E-state index contributed by atoms with van der Waals surface area (Å²) in [7, 11) is 0. The third kappa shape index (κ3) is 2.86. The molecule has 0 aliphatic carbocycles. The summed E-state index contributed by atoms with van der Waals surface area (Å²) in [4.78, 5) is 0. The van der Waals surface area contributed by atoms with Gasteiger partial charge in [-0.2, -0.15) is 5.06 Å². The maximum Gasteiger partial charge on any atom is 0.0492 e. The number of rotatable bonds is 4. The molecule has 0 amide bonds. The second-order valence-corrected chi connectivity index (χ2v) is 2.62. The summed E-state index contributed by atoms with van der Waals surface area (Å²) in [5, 5.41) is 10.5. The molecule has 0 radical (unpaired) electrons. The van der Waals surface area contributed by atoms with Crippen LogP contribution < -0.4 is 0 Å². The fourth-order valence-corrected chi connectivity index (χ4v) is 1.01. The predicted octanol–water partition coefficient (Wildman–Crippen LogP) is 2.06. The minimum absolute atomic E-state index is 0.495. The average molecular weight is 163 g/mol. The van der Waals surface area contributed by atoms with Crippen LogP contribution in [0.15, 0.2) is 43.0 Å². The predicted molar refractivity (Wildman–Crippen MR) is 48.8 cm³/mol. The van der Waals surface area contributed by atoms with Gasteiger partial charge in [0.2, 0.25) is 0 Å². The summed E-state index contributed by atoms with van der Waals surface area (Å²) < 4.78 is 0. The molecule has 64 valence electrons. The van der Waals surface area contributed by atoms with Crippen molar-refractivity contribution in [1.29, 1.82) is 0 Å². The first-order valence-electron chi connectivity index (χ1n) is 3.91. The van der Waals surface area contributed by atoms with Gasteiger partial charge >= 0.3 is 0 Å². The maximum atomic E-state index is 9.26. The van der Waals surface area contributed by atoms with Gasteiger partial charge in [0.15, 0.2) is 0 Å². The molecule has 0 saturated heterocycles. The Morgan fingerprint density at radius 2 is 2.00 bits per heavy atom. The van der Waals surface area contributed by atoms with Gasteiger partial charge in [-0.15, -0.1) is 6.58 Å². The monoisotopic (exact) mass is 163 g/mol. The molecule has 1 N–H and O–H groups in total. The van der Waals surface area contributed by atoms with Crippen LogP contribution in [0, 0.1) is 0 Å². The molecule has 2 nitrogen and oxygen atoms in total. The summed E-state index contributed by atoms with van der Waals surface area (Å²) >= 11 is 0. The van der Waals surface area contributed by atoms with Crippen LogP contribution in [-0.2, 0) is 6.54 Å². The minimum atomic E-state index is 0.495. The van der Waals surface area contributed by atoms with Crippen LogP contribution in [0.2, 0.25) is 0 Å². The quantitative estimate of drug-likeness (QED) is 0.542. The minimum Gasteiger partial charge on any atom is -0.313 e. The van der Waals surface area contributed by atoms with Crippen molar-refractivity contribution in [3.8, 4) is 0 Å². The van der Waals surface area contributed by atoms with Crippen LogP contribution in [-0.4, -0.2) is 16.8 Å². The van der Waals surface area contributed by atoms with Crippen molar-refractivity contribution in [3.05, 3.63) is 48.6 Å². The van der Waals surface area contributed by atoms with Gasteiger partial charge in [0, 0.05) is 13.1 Å². The maximum absolute atomic E-state index is 9.26. The Morgan fingerprint density at radius 1 is 1.33 bits per heavy atom. The van der Waals surface area contributed by atoms with Gasteiger partial charge in [0.1, 0.15) is 0 Å². The molecule has 0 saturated carbocycles. The van der Waals surface area contributed by atoms with Gasteiger partial charge in [0.05, 0.1) is 0 Å². The molecule has 0 aromatic heterocycles. The van der Waals surface area contributed by atoms with Crippen LogP contribution in [0.5, 0.6) is 0 Å². The lowest BCUT2D eigenvalue weighted by Crippen LogP contribution is -2.18. The standard InChI is InChI=1S/C10H13NO/c1-2-8-11(12)9-10-6-4-3-5-7-10/h2-7,12H,1,8-9H2. The second-order valence-electron chi connectivity index (χ2n) is 2.62. The number of hydrogen-bond acceptors (Lipinski definition) is 2. The Morgan fingerprint density at radius 3 is 2.58 bits per heavy atom. The summed E-state index contributed by atoms with van der Waals surface area (Å²) in [6.45, 7) is 4.58. The Labute approximate surface area is 72.7 Å². The zero-order valence-corrected chi connectivity index (χ0v) is 6.98. The molecular formula is C10H13NO. The fraction of sp³-hybridized carbons (Fsp3) is 0.200. The van der Waals surface area contributed by atoms with Gasteiger partial charge in [-0.1, -0.05) is 36.4 Å². The fourth-order valence-electron chi connectivity index (χ4n) is 1.01. The number of hydroxylamine groups is 2. The van der Waals surface area contributed by atoms with E-state index in [-0.39, 0.29) is 0 Å². The molecule has 2 heteroatoms. The van der Waals surface area contributed by atoms with E-state index in [2.05, 4.69) is 6.58 Å². The lowest BCUT2D eigenvalue weighted by Gasteiger charge is -2.11. The molecule has 0 spiro atoms. The lowest BCUT2D eigenvalue weighted by molar-refractivity contribution is -0.0886. The smallest absolute Gasteiger partial charge is 0.0492 e. The molecular weight excluding hydrogens is 150 g/mol. The molecule has 0 unspecified atom stereocenters. The number of hydrogen-bond donors (Lipinski definition) is 1. The van der Waals surface area contributed by atoms with Gasteiger partial charge < -0.3 is 5.21 Å². The Kier molecular flexibility index (Phi) is 3.51. The number of nitrogens with zero attached hydrogens (tertiary/aromatic N) is 1. The first-order valence-corrected chi connectivity index (χ1v) is 3.91. The third-order valence-electron chi connectivity index (χ3n) is 1.55. The third-order valence-corrected chi connectivity index (χ3v) is 1.55. The normalized spacial score (nSPS) is 10.2. The molecule has 0 fully saturated rings. The van der Waals surface area contributed by atoms with Gasteiger partial charge in [0.25, 0.3) is 0 Å². The van der Waals surface area contributed by atoms with Crippen LogP contribution in [0.25, 0.3) is 0 Å². The zero-order chi connectivity index (χ0) is 8.81. The van der Waals surface area contributed by atoms with E-state index in [1.54, 1.807) is 6.08 Å². The molecule has 0 aliphatic rings. The van der Waals surface area contributed by atoms with Crippen molar-refractivity contribution in [2.75, 3.05) is 6.54 Å². The lowest BCUT2D eigenvalue weighted by atomic mass is 10.2. The van der Waals surface area contributed by atoms with Crippen LogP contribution in [0.4, 0.5) is 0 Å². The Bertz CT molecular complexity index is 233. The number of benzene rings is 1. The molecule has 0 aliphatic heterocycles. The molecule has 0 bridgehead atoms.